The van der Waals surface area contributed by atoms with Crippen LogP contribution in [-0.4, -0.2) is 17.6 Å². The van der Waals surface area contributed by atoms with Crippen molar-refractivity contribution in [1.82, 2.24) is 5.32 Å². The van der Waals surface area contributed by atoms with Gasteiger partial charge >= 0.3 is 0 Å². The maximum absolute atomic E-state index is 11.7. The van der Waals surface area contributed by atoms with Crippen LogP contribution in [0.3, 0.4) is 0 Å². The molecule has 0 heterocycles. The van der Waals surface area contributed by atoms with Crippen molar-refractivity contribution in [2.45, 2.75) is 32.7 Å². The van der Waals surface area contributed by atoms with E-state index in [-0.39, 0.29) is 18.6 Å². The molecule has 3 nitrogen and oxygen atoms in total. The highest BCUT2D eigenvalue weighted by Crippen LogP contribution is 2.12. The van der Waals surface area contributed by atoms with Gasteiger partial charge in [-0.3, -0.25) is 4.79 Å². The van der Waals surface area contributed by atoms with E-state index in [0.29, 0.717) is 12.3 Å². The molecule has 0 saturated heterocycles. The number of aliphatic hydroxyl groups is 1. The Labute approximate surface area is 103 Å². The van der Waals surface area contributed by atoms with Crippen LogP contribution in [0.5, 0.6) is 0 Å². The molecular formula is C14H21NO2. The van der Waals surface area contributed by atoms with Crippen LogP contribution in [0.2, 0.25) is 0 Å². The van der Waals surface area contributed by atoms with E-state index in [4.69, 9.17) is 0 Å². The first-order valence-corrected chi connectivity index (χ1v) is 6.08. The number of hydrogen-bond donors (Lipinski definition) is 2. The molecule has 0 bridgehead atoms. The molecule has 0 spiro atoms. The molecule has 2 N–H and O–H groups in total. The van der Waals surface area contributed by atoms with Gasteiger partial charge in [0.15, 0.2) is 0 Å². The van der Waals surface area contributed by atoms with E-state index in [1.807, 2.05) is 30.3 Å². The summed E-state index contributed by atoms with van der Waals surface area (Å²) in [6.07, 6.45) is 1.39. The smallest absolute Gasteiger partial charge is 0.220 e. The van der Waals surface area contributed by atoms with Crippen LogP contribution < -0.4 is 5.32 Å². The Hall–Kier alpha value is -1.35. The first kappa shape index (κ1) is 13.7. The maximum atomic E-state index is 11.7. The van der Waals surface area contributed by atoms with E-state index in [9.17, 15) is 9.90 Å². The molecule has 0 fully saturated rings. The van der Waals surface area contributed by atoms with Crippen molar-refractivity contribution in [2.24, 2.45) is 5.92 Å². The largest absolute Gasteiger partial charge is 0.394 e. The summed E-state index contributed by atoms with van der Waals surface area (Å²) < 4.78 is 0. The fourth-order valence-electron chi connectivity index (χ4n) is 1.61. The Kier molecular flexibility index (Phi) is 5.70. The third kappa shape index (κ3) is 5.00. The SMILES string of the molecule is CC(C)CCC(=O)NC(CO)c1ccccc1. The number of hydrogen-bond acceptors (Lipinski definition) is 2. The van der Waals surface area contributed by atoms with Gasteiger partial charge in [0.1, 0.15) is 0 Å². The fraction of sp³-hybridized carbons (Fsp3) is 0.500. The van der Waals surface area contributed by atoms with E-state index in [0.717, 1.165) is 12.0 Å². The number of amides is 1. The van der Waals surface area contributed by atoms with E-state index in [2.05, 4.69) is 19.2 Å². The second-order valence-electron chi connectivity index (χ2n) is 4.65. The summed E-state index contributed by atoms with van der Waals surface area (Å²) in [6, 6.07) is 9.23. The summed E-state index contributed by atoms with van der Waals surface area (Å²) in [5, 5.41) is 12.1. The molecule has 1 unspecified atom stereocenters. The van der Waals surface area contributed by atoms with Gasteiger partial charge in [0, 0.05) is 6.42 Å². The first-order chi connectivity index (χ1) is 8.13. The lowest BCUT2D eigenvalue weighted by molar-refractivity contribution is -0.122. The summed E-state index contributed by atoms with van der Waals surface area (Å²) in [5.74, 6) is 0.520. The topological polar surface area (TPSA) is 49.3 Å². The van der Waals surface area contributed by atoms with Crippen molar-refractivity contribution in [2.75, 3.05) is 6.61 Å². The molecule has 0 radical (unpaired) electrons. The van der Waals surface area contributed by atoms with Crippen LogP contribution >= 0.6 is 0 Å². The molecule has 0 saturated carbocycles. The Morgan fingerprint density at radius 2 is 1.94 bits per heavy atom. The molecule has 0 aliphatic heterocycles. The van der Waals surface area contributed by atoms with Crippen molar-refractivity contribution in [3.63, 3.8) is 0 Å². The van der Waals surface area contributed by atoms with Crippen LogP contribution in [0.25, 0.3) is 0 Å². The van der Waals surface area contributed by atoms with Crippen molar-refractivity contribution < 1.29 is 9.90 Å². The Balaban J connectivity index is 2.50. The van der Waals surface area contributed by atoms with E-state index >= 15 is 0 Å². The van der Waals surface area contributed by atoms with Gasteiger partial charge in [-0.1, -0.05) is 44.2 Å². The molecule has 0 aliphatic carbocycles. The van der Waals surface area contributed by atoms with Gasteiger partial charge in [-0.05, 0) is 17.9 Å². The minimum Gasteiger partial charge on any atom is -0.394 e. The normalized spacial score (nSPS) is 12.5. The second-order valence-corrected chi connectivity index (χ2v) is 4.65. The van der Waals surface area contributed by atoms with Crippen LogP contribution in [-0.2, 0) is 4.79 Å². The number of aliphatic hydroxyl groups excluding tert-OH is 1. The van der Waals surface area contributed by atoms with Gasteiger partial charge < -0.3 is 10.4 Å². The lowest BCUT2D eigenvalue weighted by atomic mass is 10.1. The zero-order valence-corrected chi connectivity index (χ0v) is 10.5. The molecule has 0 aromatic heterocycles. The van der Waals surface area contributed by atoms with Crippen molar-refractivity contribution in [3.8, 4) is 0 Å². The summed E-state index contributed by atoms with van der Waals surface area (Å²) in [6.45, 7) is 4.11. The fourth-order valence-corrected chi connectivity index (χ4v) is 1.61. The van der Waals surface area contributed by atoms with Gasteiger partial charge in [-0.2, -0.15) is 0 Å². The van der Waals surface area contributed by atoms with Gasteiger partial charge in [-0.15, -0.1) is 0 Å². The summed E-state index contributed by atoms with van der Waals surface area (Å²) >= 11 is 0. The lowest BCUT2D eigenvalue weighted by Gasteiger charge is -2.17. The molecule has 3 heteroatoms. The maximum Gasteiger partial charge on any atom is 0.220 e. The molecule has 1 rings (SSSR count). The molecule has 17 heavy (non-hydrogen) atoms. The molecule has 94 valence electrons. The summed E-state index contributed by atoms with van der Waals surface area (Å²) in [7, 11) is 0. The van der Waals surface area contributed by atoms with Gasteiger partial charge in [-0.25, -0.2) is 0 Å². The van der Waals surface area contributed by atoms with E-state index < -0.39 is 0 Å². The average Bonchev–Trinajstić information content (AvgIpc) is 2.34. The first-order valence-electron chi connectivity index (χ1n) is 6.08. The molecule has 1 atom stereocenters. The number of rotatable bonds is 6. The second kappa shape index (κ2) is 7.07. The minimum absolute atomic E-state index is 0.00148. The summed E-state index contributed by atoms with van der Waals surface area (Å²) in [4.78, 5) is 11.7. The van der Waals surface area contributed by atoms with Crippen LogP contribution in [0.15, 0.2) is 30.3 Å². The van der Waals surface area contributed by atoms with Crippen molar-refractivity contribution >= 4 is 5.91 Å². The molecule has 1 aromatic rings. The van der Waals surface area contributed by atoms with Crippen molar-refractivity contribution in [1.29, 1.82) is 0 Å². The highest BCUT2D eigenvalue weighted by atomic mass is 16.3. The highest BCUT2D eigenvalue weighted by Gasteiger charge is 2.13. The number of benzene rings is 1. The zero-order chi connectivity index (χ0) is 12.7. The Morgan fingerprint density at radius 1 is 1.29 bits per heavy atom. The molecular weight excluding hydrogens is 214 g/mol. The third-order valence-corrected chi connectivity index (χ3v) is 2.67. The minimum atomic E-state index is -0.295. The van der Waals surface area contributed by atoms with Crippen LogP contribution in [0, 0.1) is 5.92 Å². The average molecular weight is 235 g/mol. The summed E-state index contributed by atoms with van der Waals surface area (Å²) in [5.41, 5.74) is 0.938. The van der Waals surface area contributed by atoms with Crippen LogP contribution in [0.4, 0.5) is 0 Å². The predicted octanol–water partition coefficient (Wildman–Crippen LogP) is 2.27. The standard InChI is InChI=1S/C14H21NO2/c1-11(2)8-9-14(17)15-13(10-16)12-6-4-3-5-7-12/h3-7,11,13,16H,8-10H2,1-2H3,(H,15,17). The third-order valence-electron chi connectivity index (χ3n) is 2.67. The Morgan fingerprint density at radius 3 is 2.47 bits per heavy atom. The monoisotopic (exact) mass is 235 g/mol. The van der Waals surface area contributed by atoms with Gasteiger partial charge in [0.05, 0.1) is 12.6 Å². The lowest BCUT2D eigenvalue weighted by Crippen LogP contribution is -2.30. The number of carbonyl (C=O) groups is 1. The zero-order valence-electron chi connectivity index (χ0n) is 10.5. The van der Waals surface area contributed by atoms with Gasteiger partial charge in [0.2, 0.25) is 5.91 Å². The highest BCUT2D eigenvalue weighted by molar-refractivity contribution is 5.76. The number of nitrogens with one attached hydrogen (secondary N) is 1. The van der Waals surface area contributed by atoms with E-state index in [1.165, 1.54) is 0 Å². The molecule has 0 aliphatic rings. The predicted molar refractivity (Wildman–Crippen MR) is 68.5 cm³/mol. The quantitative estimate of drug-likeness (QED) is 0.794. The Bertz CT molecular complexity index is 335. The molecule has 1 aromatic carbocycles. The molecule has 1 amide bonds. The van der Waals surface area contributed by atoms with Crippen molar-refractivity contribution in [3.05, 3.63) is 35.9 Å². The van der Waals surface area contributed by atoms with E-state index in [1.54, 1.807) is 0 Å². The van der Waals surface area contributed by atoms with Crippen LogP contribution in [0.1, 0.15) is 38.3 Å². The van der Waals surface area contributed by atoms with Gasteiger partial charge in [0.25, 0.3) is 0 Å². The number of carbonyl (C=O) groups excluding carboxylic acids is 1.